The van der Waals surface area contributed by atoms with E-state index in [4.69, 9.17) is 11.6 Å². The topological polar surface area (TPSA) is 35.6 Å². The summed E-state index contributed by atoms with van der Waals surface area (Å²) in [6.45, 7) is 5.94. The van der Waals surface area contributed by atoms with Gasteiger partial charge >= 0.3 is 6.03 Å². The van der Waals surface area contributed by atoms with Crippen LogP contribution in [0.3, 0.4) is 0 Å². The second-order valence-corrected chi connectivity index (χ2v) is 5.60. The Balaban J connectivity index is 2.05. The van der Waals surface area contributed by atoms with E-state index in [2.05, 4.69) is 29.6 Å². The third-order valence-electron chi connectivity index (χ3n) is 3.59. The highest BCUT2D eigenvalue weighted by Crippen LogP contribution is 2.16. The summed E-state index contributed by atoms with van der Waals surface area (Å²) in [5.74, 6) is 0. The zero-order valence-electron chi connectivity index (χ0n) is 12.2. The second-order valence-electron chi connectivity index (χ2n) is 5.16. The van der Waals surface area contributed by atoms with Gasteiger partial charge in [0.15, 0.2) is 0 Å². The van der Waals surface area contributed by atoms with Gasteiger partial charge in [0.05, 0.1) is 6.04 Å². The Morgan fingerprint density at radius 3 is 3.05 bits per heavy atom. The molecule has 1 saturated heterocycles. The molecule has 1 aliphatic rings. The Morgan fingerprint density at radius 1 is 1.52 bits per heavy atom. The summed E-state index contributed by atoms with van der Waals surface area (Å²) in [6.07, 6.45) is 2.85. The number of hydrogen-bond donors (Lipinski definition) is 1. The van der Waals surface area contributed by atoms with Crippen molar-refractivity contribution in [1.82, 2.24) is 9.80 Å². The van der Waals surface area contributed by atoms with E-state index in [0.717, 1.165) is 19.5 Å². The number of hydrogen-bond acceptors (Lipinski definition) is 2. The summed E-state index contributed by atoms with van der Waals surface area (Å²) in [7, 11) is 2.05. The Labute approximate surface area is 130 Å². The van der Waals surface area contributed by atoms with Gasteiger partial charge in [-0.05, 0) is 37.7 Å². The number of nitrogens with one attached hydrogen (secondary N) is 1. The summed E-state index contributed by atoms with van der Waals surface area (Å²) in [4.78, 5) is 16.4. The molecule has 0 spiro atoms. The summed E-state index contributed by atoms with van der Waals surface area (Å²) in [6, 6.07) is 7.21. The number of amides is 2. The van der Waals surface area contributed by atoms with Crippen molar-refractivity contribution in [3.05, 3.63) is 47.7 Å². The van der Waals surface area contributed by atoms with Crippen molar-refractivity contribution in [3.63, 3.8) is 0 Å². The Kier molecular flexibility index (Phi) is 5.45. The number of carbonyl (C=O) groups is 1. The van der Waals surface area contributed by atoms with Crippen molar-refractivity contribution in [2.75, 3.05) is 32.0 Å². The van der Waals surface area contributed by atoms with E-state index in [-0.39, 0.29) is 12.1 Å². The van der Waals surface area contributed by atoms with Gasteiger partial charge < -0.3 is 10.2 Å². The highest BCUT2D eigenvalue weighted by molar-refractivity contribution is 6.30. The van der Waals surface area contributed by atoms with E-state index in [1.165, 1.54) is 0 Å². The monoisotopic (exact) mass is 305 g/mol. The minimum absolute atomic E-state index is 0.102. The number of halogens is 1. The minimum atomic E-state index is -0.102. The minimum Gasteiger partial charge on any atom is -0.323 e. The van der Waals surface area contributed by atoms with E-state index >= 15 is 0 Å². The molecule has 1 heterocycles. The van der Waals surface area contributed by atoms with Crippen LogP contribution in [-0.2, 0) is 0 Å². The number of nitrogens with zero attached hydrogens (tertiary/aromatic N) is 2. The van der Waals surface area contributed by atoms with Crippen LogP contribution in [-0.4, -0.2) is 48.6 Å². The van der Waals surface area contributed by atoms with Crippen LogP contribution in [0.4, 0.5) is 10.5 Å². The highest BCUT2D eigenvalue weighted by Gasteiger charge is 2.23. The lowest BCUT2D eigenvalue weighted by Gasteiger charge is -2.26. The molecule has 2 rings (SSSR count). The molecular formula is C16H20ClN3O. The number of likely N-dealkylation sites (N-methyl/N-ethyl adjacent to an activating group) is 1. The molecule has 0 bridgehead atoms. The first kappa shape index (κ1) is 15.6. The SMILES string of the molecule is C=C=CC1CN(C(=O)Nc2cccc(Cl)c2)CCCN1C. The van der Waals surface area contributed by atoms with Crippen molar-refractivity contribution in [3.8, 4) is 0 Å². The fourth-order valence-corrected chi connectivity index (χ4v) is 2.59. The van der Waals surface area contributed by atoms with Gasteiger partial charge in [-0.15, -0.1) is 5.73 Å². The predicted molar refractivity (Wildman–Crippen MR) is 86.8 cm³/mol. The van der Waals surface area contributed by atoms with Crippen LogP contribution < -0.4 is 5.32 Å². The molecule has 2 amide bonds. The molecule has 1 aliphatic heterocycles. The van der Waals surface area contributed by atoms with E-state index in [9.17, 15) is 4.79 Å². The van der Waals surface area contributed by atoms with Crippen molar-refractivity contribution in [2.24, 2.45) is 0 Å². The van der Waals surface area contributed by atoms with Crippen molar-refractivity contribution in [2.45, 2.75) is 12.5 Å². The van der Waals surface area contributed by atoms with E-state index < -0.39 is 0 Å². The van der Waals surface area contributed by atoms with E-state index in [1.807, 2.05) is 23.1 Å². The van der Waals surface area contributed by atoms with Gasteiger partial charge in [-0.25, -0.2) is 4.79 Å². The number of benzene rings is 1. The third kappa shape index (κ3) is 4.36. The molecule has 1 aromatic rings. The van der Waals surface area contributed by atoms with Gasteiger partial charge in [0.2, 0.25) is 0 Å². The molecule has 112 valence electrons. The maximum absolute atomic E-state index is 12.4. The second kappa shape index (κ2) is 7.32. The molecule has 1 atom stereocenters. The Bertz CT molecular complexity index is 554. The largest absolute Gasteiger partial charge is 0.323 e. The van der Waals surface area contributed by atoms with Gasteiger partial charge in [0, 0.05) is 30.3 Å². The first-order valence-electron chi connectivity index (χ1n) is 6.98. The van der Waals surface area contributed by atoms with Gasteiger partial charge in [0.1, 0.15) is 0 Å². The summed E-state index contributed by atoms with van der Waals surface area (Å²) in [5.41, 5.74) is 3.53. The molecule has 1 unspecified atom stereocenters. The maximum atomic E-state index is 12.4. The highest BCUT2D eigenvalue weighted by atomic mass is 35.5. The third-order valence-corrected chi connectivity index (χ3v) is 3.82. The summed E-state index contributed by atoms with van der Waals surface area (Å²) < 4.78 is 0. The normalized spacial score (nSPS) is 19.5. The Morgan fingerprint density at radius 2 is 2.33 bits per heavy atom. The molecule has 1 fully saturated rings. The standard InChI is InChI=1S/C16H20ClN3O/c1-3-6-15-12-20(10-5-9-19(15)2)16(21)18-14-8-4-7-13(17)11-14/h4,6-8,11,15H,1,5,9-10,12H2,2H3,(H,18,21). The number of rotatable bonds is 2. The molecule has 21 heavy (non-hydrogen) atoms. The molecule has 1 N–H and O–H groups in total. The molecule has 1 aromatic carbocycles. The number of anilines is 1. The molecular weight excluding hydrogens is 286 g/mol. The number of urea groups is 1. The average molecular weight is 306 g/mol. The molecule has 0 saturated carbocycles. The maximum Gasteiger partial charge on any atom is 0.321 e. The lowest BCUT2D eigenvalue weighted by Crippen LogP contribution is -2.42. The average Bonchev–Trinajstić information content (AvgIpc) is 2.62. The molecule has 0 aromatic heterocycles. The first-order valence-corrected chi connectivity index (χ1v) is 7.35. The number of carbonyl (C=O) groups excluding carboxylic acids is 1. The summed E-state index contributed by atoms with van der Waals surface area (Å²) in [5, 5.41) is 3.50. The molecule has 0 radical (unpaired) electrons. The van der Waals surface area contributed by atoms with Crippen molar-refractivity contribution >= 4 is 23.3 Å². The van der Waals surface area contributed by atoms with Gasteiger partial charge in [-0.1, -0.05) is 24.2 Å². The lowest BCUT2D eigenvalue weighted by molar-refractivity contribution is 0.206. The van der Waals surface area contributed by atoms with Crippen LogP contribution in [0.1, 0.15) is 6.42 Å². The molecule has 4 nitrogen and oxygen atoms in total. The van der Waals surface area contributed by atoms with Gasteiger partial charge in [0.25, 0.3) is 0 Å². The Hall–Kier alpha value is -1.74. The van der Waals surface area contributed by atoms with Crippen LogP contribution >= 0.6 is 11.6 Å². The summed E-state index contributed by atoms with van der Waals surface area (Å²) >= 11 is 5.93. The fraction of sp³-hybridized carbons (Fsp3) is 0.375. The van der Waals surface area contributed by atoms with Crippen molar-refractivity contribution in [1.29, 1.82) is 0 Å². The molecule has 5 heteroatoms. The zero-order valence-corrected chi connectivity index (χ0v) is 12.9. The van der Waals surface area contributed by atoms with E-state index in [0.29, 0.717) is 17.3 Å². The quantitative estimate of drug-likeness (QED) is 0.852. The van der Waals surface area contributed by atoms with E-state index in [1.54, 1.807) is 12.1 Å². The van der Waals surface area contributed by atoms with Gasteiger partial charge in [-0.3, -0.25) is 4.90 Å². The van der Waals surface area contributed by atoms with Crippen LogP contribution in [0, 0.1) is 0 Å². The fourth-order valence-electron chi connectivity index (χ4n) is 2.40. The van der Waals surface area contributed by atoms with Gasteiger partial charge in [-0.2, -0.15) is 0 Å². The first-order chi connectivity index (χ1) is 10.1. The predicted octanol–water partition coefficient (Wildman–Crippen LogP) is 3.22. The van der Waals surface area contributed by atoms with Crippen LogP contribution in [0.15, 0.2) is 42.7 Å². The van der Waals surface area contributed by atoms with Crippen LogP contribution in [0.5, 0.6) is 0 Å². The van der Waals surface area contributed by atoms with Crippen LogP contribution in [0.25, 0.3) is 0 Å². The molecule has 0 aliphatic carbocycles. The smallest absolute Gasteiger partial charge is 0.321 e. The van der Waals surface area contributed by atoms with Crippen molar-refractivity contribution < 1.29 is 4.79 Å². The lowest BCUT2D eigenvalue weighted by atomic mass is 10.2. The van der Waals surface area contributed by atoms with Crippen LogP contribution in [0.2, 0.25) is 5.02 Å². The zero-order chi connectivity index (χ0) is 15.2.